The van der Waals surface area contributed by atoms with Crippen LogP contribution in [0.4, 0.5) is 9.18 Å². The van der Waals surface area contributed by atoms with Gasteiger partial charge in [0.15, 0.2) is 0 Å². The third-order valence-electron chi connectivity index (χ3n) is 5.12. The molecule has 0 bridgehead atoms. The second kappa shape index (κ2) is 16.9. The number of nitrogens with two attached hydrogens (primary N) is 1. The Balaban J connectivity index is 2.40. The number of hydrogen-bond donors (Lipinski definition) is 6. The Morgan fingerprint density at radius 3 is 2.41 bits per heavy atom. The van der Waals surface area contributed by atoms with Crippen LogP contribution in [0.25, 0.3) is 0 Å². The highest BCUT2D eigenvalue weighted by molar-refractivity contribution is 5.91. The molecule has 0 aliphatic rings. The molecule has 12 nitrogen and oxygen atoms in total. The van der Waals surface area contributed by atoms with E-state index in [1.165, 1.54) is 29.6 Å². The molecule has 1 aromatic carbocycles. The van der Waals surface area contributed by atoms with Gasteiger partial charge < -0.3 is 31.7 Å². The molecule has 218 valence electrons. The van der Waals surface area contributed by atoms with Gasteiger partial charge in [-0.1, -0.05) is 30.8 Å². The SMILES string of the molecule is C=CN(CC(F)CCN/C=C(\N)C(=O)NC)N(C)NCC(=O)NCc1cccc(CNC(=O)OC(C)(C)C)c1. The first-order chi connectivity index (χ1) is 18.3. The molecule has 1 rings (SSSR count). The number of hydrogen-bond acceptors (Lipinski definition) is 9. The molecule has 3 amide bonds. The number of halogens is 1. The lowest BCUT2D eigenvalue weighted by atomic mass is 10.1. The molecule has 1 atom stereocenters. The van der Waals surface area contributed by atoms with Crippen LogP contribution in [0.15, 0.2) is 48.9 Å². The van der Waals surface area contributed by atoms with Crippen LogP contribution < -0.4 is 32.4 Å². The van der Waals surface area contributed by atoms with Gasteiger partial charge in [-0.25, -0.2) is 14.6 Å². The van der Waals surface area contributed by atoms with Gasteiger partial charge in [-0.2, -0.15) is 5.12 Å². The highest BCUT2D eigenvalue weighted by Gasteiger charge is 2.16. The first kappa shape index (κ1) is 33.2. The Labute approximate surface area is 230 Å². The predicted octanol–water partition coefficient (Wildman–Crippen LogP) is 0.988. The number of likely N-dealkylation sites (N-methyl/N-ethyl adjacent to an activating group) is 1. The summed E-state index contributed by atoms with van der Waals surface area (Å²) in [6, 6.07) is 7.47. The van der Waals surface area contributed by atoms with Crippen molar-refractivity contribution in [3.63, 3.8) is 0 Å². The molecule has 0 radical (unpaired) electrons. The Kier molecular flexibility index (Phi) is 14.4. The number of nitrogens with zero attached hydrogens (tertiary/aromatic N) is 2. The molecule has 0 aliphatic carbocycles. The van der Waals surface area contributed by atoms with E-state index >= 15 is 0 Å². The molecule has 13 heteroatoms. The molecule has 0 aromatic heterocycles. The summed E-state index contributed by atoms with van der Waals surface area (Å²) >= 11 is 0. The van der Waals surface area contributed by atoms with Crippen molar-refractivity contribution in [2.45, 2.75) is 52.1 Å². The van der Waals surface area contributed by atoms with E-state index < -0.39 is 23.8 Å². The van der Waals surface area contributed by atoms with E-state index in [0.717, 1.165) is 11.1 Å². The number of alkyl halides is 1. The Hall–Kier alpha value is -3.84. The molecule has 0 saturated carbocycles. The van der Waals surface area contributed by atoms with Crippen LogP contribution in [0.5, 0.6) is 0 Å². The average Bonchev–Trinajstić information content (AvgIpc) is 2.89. The first-order valence-electron chi connectivity index (χ1n) is 12.6. The number of benzene rings is 1. The zero-order valence-corrected chi connectivity index (χ0v) is 23.5. The molecule has 1 aromatic rings. The summed E-state index contributed by atoms with van der Waals surface area (Å²) in [5, 5.41) is 13.7. The standard InChI is InChI=1S/C26H43FN8O4/c1-7-35(18-21(27)11-12-30-16-22(28)24(37)29-5)34(6)33-17-23(36)31-14-19-9-8-10-20(13-19)15-32-25(38)39-26(2,3)4/h7-10,13,16,21,30,33H,1,11-12,14-15,17-18,28H2,2-6H3,(H,29,37)(H,31,36)(H,32,38)/b22-16-. The minimum absolute atomic E-state index is 0.00532. The number of amides is 3. The van der Waals surface area contributed by atoms with Gasteiger partial charge in [-0.05, 0) is 38.3 Å². The summed E-state index contributed by atoms with van der Waals surface area (Å²) in [5.74, 6) is -0.681. The normalized spacial score (nSPS) is 12.3. The van der Waals surface area contributed by atoms with Crippen LogP contribution in [0.1, 0.15) is 38.3 Å². The van der Waals surface area contributed by atoms with E-state index in [1.54, 1.807) is 27.8 Å². The number of ether oxygens (including phenoxy) is 1. The maximum atomic E-state index is 14.4. The smallest absolute Gasteiger partial charge is 0.407 e. The van der Waals surface area contributed by atoms with E-state index in [0.29, 0.717) is 13.1 Å². The molecular formula is C26H43FN8O4. The van der Waals surface area contributed by atoms with E-state index in [1.807, 2.05) is 24.3 Å². The van der Waals surface area contributed by atoms with Gasteiger partial charge in [-0.3, -0.25) is 14.6 Å². The van der Waals surface area contributed by atoms with Gasteiger partial charge in [0.1, 0.15) is 17.5 Å². The predicted molar refractivity (Wildman–Crippen MR) is 148 cm³/mol. The number of hydrazine groups is 2. The summed E-state index contributed by atoms with van der Waals surface area (Å²) in [6.45, 7) is 9.93. The van der Waals surface area contributed by atoms with Crippen LogP contribution in [0.3, 0.4) is 0 Å². The second-order valence-electron chi connectivity index (χ2n) is 9.63. The fraction of sp³-hybridized carbons (Fsp3) is 0.500. The molecule has 0 saturated heterocycles. The summed E-state index contributed by atoms with van der Waals surface area (Å²) in [4.78, 5) is 35.5. The Morgan fingerprint density at radius 2 is 1.82 bits per heavy atom. The van der Waals surface area contributed by atoms with Crippen molar-refractivity contribution in [2.75, 3.05) is 33.7 Å². The zero-order chi connectivity index (χ0) is 29.4. The number of carbonyl (C=O) groups is 3. The van der Waals surface area contributed by atoms with E-state index in [9.17, 15) is 18.8 Å². The highest BCUT2D eigenvalue weighted by Crippen LogP contribution is 2.08. The minimum Gasteiger partial charge on any atom is -0.444 e. The van der Waals surface area contributed by atoms with Crippen LogP contribution in [-0.2, 0) is 27.4 Å². The van der Waals surface area contributed by atoms with Gasteiger partial charge >= 0.3 is 6.09 Å². The summed E-state index contributed by atoms with van der Waals surface area (Å²) in [7, 11) is 3.11. The van der Waals surface area contributed by atoms with Crippen molar-refractivity contribution >= 4 is 17.9 Å². The lowest BCUT2D eigenvalue weighted by Crippen LogP contribution is -2.50. The van der Waals surface area contributed by atoms with E-state index in [-0.39, 0.29) is 37.7 Å². The molecule has 39 heavy (non-hydrogen) atoms. The van der Waals surface area contributed by atoms with Gasteiger partial charge in [0.2, 0.25) is 5.91 Å². The second-order valence-corrected chi connectivity index (χ2v) is 9.63. The quantitative estimate of drug-likeness (QED) is 0.100. The Bertz CT molecular complexity index is 983. The summed E-state index contributed by atoms with van der Waals surface area (Å²) in [6.07, 6.45) is 1.25. The Morgan fingerprint density at radius 1 is 1.18 bits per heavy atom. The van der Waals surface area contributed by atoms with Gasteiger partial charge in [0.05, 0.1) is 13.1 Å². The first-order valence-corrected chi connectivity index (χ1v) is 12.6. The molecule has 0 heterocycles. The molecule has 7 N–H and O–H groups in total. The summed E-state index contributed by atoms with van der Waals surface area (Å²) < 4.78 is 19.7. The van der Waals surface area contributed by atoms with E-state index in [4.69, 9.17) is 10.5 Å². The van der Waals surface area contributed by atoms with Crippen molar-refractivity contribution in [1.82, 2.24) is 36.8 Å². The van der Waals surface area contributed by atoms with Crippen LogP contribution in [-0.4, -0.2) is 73.5 Å². The highest BCUT2D eigenvalue weighted by atomic mass is 19.1. The fourth-order valence-electron chi connectivity index (χ4n) is 3.12. The van der Waals surface area contributed by atoms with Gasteiger partial charge in [-0.15, -0.1) is 0 Å². The topological polar surface area (TPSA) is 153 Å². The van der Waals surface area contributed by atoms with Gasteiger partial charge in [0, 0.05) is 46.1 Å². The molecule has 1 unspecified atom stereocenters. The number of rotatable bonds is 16. The lowest BCUT2D eigenvalue weighted by Gasteiger charge is -2.31. The number of carbonyl (C=O) groups excluding carboxylic acids is 3. The largest absolute Gasteiger partial charge is 0.444 e. The van der Waals surface area contributed by atoms with E-state index in [2.05, 4.69) is 33.3 Å². The average molecular weight is 551 g/mol. The zero-order valence-electron chi connectivity index (χ0n) is 23.5. The number of nitrogens with one attached hydrogen (secondary N) is 5. The monoisotopic (exact) mass is 550 g/mol. The van der Waals surface area contributed by atoms with Crippen LogP contribution in [0.2, 0.25) is 0 Å². The molecule has 0 aliphatic heterocycles. The minimum atomic E-state index is -1.21. The fourth-order valence-corrected chi connectivity index (χ4v) is 3.12. The maximum absolute atomic E-state index is 14.4. The maximum Gasteiger partial charge on any atom is 0.407 e. The van der Waals surface area contributed by atoms with Crippen molar-refractivity contribution in [3.8, 4) is 0 Å². The third-order valence-corrected chi connectivity index (χ3v) is 5.12. The van der Waals surface area contributed by atoms with Gasteiger partial charge in [0.25, 0.3) is 5.91 Å². The van der Waals surface area contributed by atoms with Crippen molar-refractivity contribution < 1.29 is 23.5 Å². The molecule has 0 spiro atoms. The van der Waals surface area contributed by atoms with Crippen molar-refractivity contribution in [1.29, 1.82) is 0 Å². The van der Waals surface area contributed by atoms with Crippen molar-refractivity contribution in [2.24, 2.45) is 5.73 Å². The van der Waals surface area contributed by atoms with Crippen LogP contribution >= 0.6 is 0 Å². The number of alkyl carbamates (subject to hydrolysis) is 1. The third kappa shape index (κ3) is 14.6. The van der Waals surface area contributed by atoms with Crippen molar-refractivity contribution in [3.05, 3.63) is 60.1 Å². The molecule has 0 fully saturated rings. The van der Waals surface area contributed by atoms with Crippen LogP contribution in [0, 0.1) is 0 Å². The summed E-state index contributed by atoms with van der Waals surface area (Å²) in [5.41, 5.74) is 9.62. The lowest BCUT2D eigenvalue weighted by molar-refractivity contribution is -0.123. The molecular weight excluding hydrogens is 507 g/mol.